The minimum atomic E-state index is -1.55. The van der Waals surface area contributed by atoms with Crippen LogP contribution in [0.25, 0.3) is 6.08 Å². The van der Waals surface area contributed by atoms with Gasteiger partial charge in [-0.15, -0.1) is 0 Å². The van der Waals surface area contributed by atoms with E-state index in [1.807, 2.05) is 0 Å². The predicted molar refractivity (Wildman–Crippen MR) is 47.2 cm³/mol. The van der Waals surface area contributed by atoms with Crippen molar-refractivity contribution in [2.24, 2.45) is 0 Å². The van der Waals surface area contributed by atoms with Crippen molar-refractivity contribution in [1.82, 2.24) is 9.55 Å². The normalized spacial score (nSPS) is 17.1. The van der Waals surface area contributed by atoms with E-state index in [0.717, 1.165) is 18.9 Å². The molecule has 1 aromatic heterocycles. The lowest BCUT2D eigenvalue weighted by Crippen LogP contribution is -1.98. The third-order valence-corrected chi connectivity index (χ3v) is 2.12. The third kappa shape index (κ3) is 1.66. The Labute approximate surface area is 79.7 Å². The Bertz CT molecular complexity index is 393. The quantitative estimate of drug-likeness (QED) is 0.747. The fourth-order valence-corrected chi connectivity index (χ4v) is 1.28. The van der Waals surface area contributed by atoms with Crippen LogP contribution in [0.2, 0.25) is 0 Å². The monoisotopic (exact) mass is 196 g/mol. The van der Waals surface area contributed by atoms with Crippen LogP contribution in [0.1, 0.15) is 24.6 Å². The first-order chi connectivity index (χ1) is 6.68. The molecule has 1 aliphatic rings. The van der Waals surface area contributed by atoms with Crippen LogP contribution >= 0.6 is 0 Å². The summed E-state index contributed by atoms with van der Waals surface area (Å²) in [5, 5.41) is 8.35. The lowest BCUT2D eigenvalue weighted by atomic mass is 10.3. The minimum absolute atomic E-state index is 0.366. The fraction of sp³-hybridized carbons (Fsp3) is 0.333. The average Bonchev–Trinajstić information content (AvgIpc) is 2.88. The molecular formula is C9H9FN2O2. The summed E-state index contributed by atoms with van der Waals surface area (Å²) >= 11 is 0. The smallest absolute Gasteiger partial charge is 0.364 e. The molecule has 14 heavy (non-hydrogen) atoms. The minimum Gasteiger partial charge on any atom is -0.476 e. The molecule has 0 spiro atoms. The Morgan fingerprint density at radius 3 is 3.00 bits per heavy atom. The Kier molecular flexibility index (Phi) is 2.07. The molecule has 1 heterocycles. The maximum absolute atomic E-state index is 12.8. The summed E-state index contributed by atoms with van der Waals surface area (Å²) in [6.07, 6.45) is 6.14. The van der Waals surface area contributed by atoms with Crippen molar-refractivity contribution in [3.05, 3.63) is 24.0 Å². The molecule has 0 atom stereocenters. The maximum Gasteiger partial charge on any atom is 0.364 e. The maximum atomic E-state index is 12.8. The number of hydrogen-bond acceptors (Lipinski definition) is 2. The van der Waals surface area contributed by atoms with Gasteiger partial charge in [-0.25, -0.2) is 9.78 Å². The van der Waals surface area contributed by atoms with E-state index in [1.54, 1.807) is 10.9 Å². The highest BCUT2D eigenvalue weighted by Gasteiger charge is 2.25. The second-order valence-corrected chi connectivity index (χ2v) is 3.25. The molecule has 1 aliphatic carbocycles. The van der Waals surface area contributed by atoms with Gasteiger partial charge in [0, 0.05) is 12.1 Å². The predicted octanol–water partition coefficient (Wildman–Crippen LogP) is 1.61. The highest BCUT2D eigenvalue weighted by Crippen LogP contribution is 2.36. The third-order valence-electron chi connectivity index (χ3n) is 2.12. The summed E-state index contributed by atoms with van der Waals surface area (Å²) in [5.41, 5.74) is 0.507. The van der Waals surface area contributed by atoms with E-state index in [4.69, 9.17) is 5.11 Å². The van der Waals surface area contributed by atoms with Crippen molar-refractivity contribution >= 4 is 12.0 Å². The van der Waals surface area contributed by atoms with Crippen LogP contribution in [0, 0.1) is 0 Å². The molecule has 0 bridgehead atoms. The van der Waals surface area contributed by atoms with Crippen LogP contribution in [0.3, 0.4) is 0 Å². The summed E-state index contributed by atoms with van der Waals surface area (Å²) in [7, 11) is 0. The van der Waals surface area contributed by atoms with Crippen LogP contribution in [-0.2, 0) is 4.79 Å². The second kappa shape index (κ2) is 3.25. The van der Waals surface area contributed by atoms with Gasteiger partial charge in [0.15, 0.2) is 0 Å². The standard InChI is InChI=1S/C9H9FN2O2/c10-8(9(13)14)3-7-4-11-5-12(7)6-1-2-6/h3-6H,1-2H2,(H,13,14). The second-order valence-electron chi connectivity index (χ2n) is 3.25. The molecule has 0 unspecified atom stereocenters. The first-order valence-electron chi connectivity index (χ1n) is 4.31. The van der Waals surface area contributed by atoms with Crippen molar-refractivity contribution in [1.29, 1.82) is 0 Å². The fourth-order valence-electron chi connectivity index (χ4n) is 1.28. The first kappa shape index (κ1) is 8.93. The van der Waals surface area contributed by atoms with E-state index in [-0.39, 0.29) is 0 Å². The largest absolute Gasteiger partial charge is 0.476 e. The molecule has 0 aliphatic heterocycles. The van der Waals surface area contributed by atoms with Gasteiger partial charge in [-0.2, -0.15) is 4.39 Å². The number of rotatable bonds is 3. The number of halogens is 1. The number of aliphatic carboxylic acids is 1. The van der Waals surface area contributed by atoms with Gasteiger partial charge in [0.2, 0.25) is 5.83 Å². The van der Waals surface area contributed by atoms with Crippen LogP contribution in [0.5, 0.6) is 0 Å². The first-order valence-corrected chi connectivity index (χ1v) is 4.31. The van der Waals surface area contributed by atoms with Crippen LogP contribution in [0.15, 0.2) is 18.4 Å². The lowest BCUT2D eigenvalue weighted by molar-refractivity contribution is -0.134. The number of hydrogen-bond donors (Lipinski definition) is 1. The van der Waals surface area contributed by atoms with Gasteiger partial charge < -0.3 is 9.67 Å². The molecule has 1 saturated carbocycles. The van der Waals surface area contributed by atoms with Crippen LogP contribution in [0.4, 0.5) is 4.39 Å². The summed E-state index contributed by atoms with van der Waals surface area (Å²) in [6.45, 7) is 0. The molecule has 74 valence electrons. The SMILES string of the molecule is O=C(O)C(F)=Cc1cncn1C1CC1. The van der Waals surface area contributed by atoms with E-state index in [9.17, 15) is 9.18 Å². The molecule has 1 aromatic rings. The molecule has 5 heteroatoms. The van der Waals surface area contributed by atoms with Gasteiger partial charge in [0.25, 0.3) is 0 Å². The lowest BCUT2D eigenvalue weighted by Gasteiger charge is -2.00. The molecule has 0 radical (unpaired) electrons. The topological polar surface area (TPSA) is 55.1 Å². The van der Waals surface area contributed by atoms with E-state index in [0.29, 0.717) is 11.7 Å². The highest BCUT2D eigenvalue weighted by atomic mass is 19.1. The molecule has 4 nitrogen and oxygen atoms in total. The summed E-state index contributed by atoms with van der Waals surface area (Å²) in [6, 6.07) is 0.366. The van der Waals surface area contributed by atoms with Crippen molar-refractivity contribution in [3.8, 4) is 0 Å². The van der Waals surface area contributed by atoms with E-state index >= 15 is 0 Å². The average molecular weight is 196 g/mol. The number of carboxylic acid groups (broad SMARTS) is 1. The number of carbonyl (C=O) groups is 1. The van der Waals surface area contributed by atoms with E-state index < -0.39 is 11.8 Å². The highest BCUT2D eigenvalue weighted by molar-refractivity contribution is 5.89. The number of nitrogens with zero attached hydrogens (tertiary/aromatic N) is 2. The molecule has 2 rings (SSSR count). The Balaban J connectivity index is 2.27. The molecule has 0 saturated heterocycles. The zero-order valence-corrected chi connectivity index (χ0v) is 7.35. The van der Waals surface area contributed by atoms with Gasteiger partial charge in [-0.1, -0.05) is 0 Å². The van der Waals surface area contributed by atoms with E-state index in [2.05, 4.69) is 4.98 Å². The zero-order valence-electron chi connectivity index (χ0n) is 7.35. The Morgan fingerprint density at radius 1 is 1.71 bits per heavy atom. The van der Waals surface area contributed by atoms with Gasteiger partial charge in [0.05, 0.1) is 18.2 Å². The van der Waals surface area contributed by atoms with Crippen LogP contribution in [-0.4, -0.2) is 20.6 Å². The van der Waals surface area contributed by atoms with Crippen molar-refractivity contribution in [3.63, 3.8) is 0 Å². The number of carboxylic acids is 1. The Hall–Kier alpha value is -1.65. The molecular weight excluding hydrogens is 187 g/mol. The number of aromatic nitrogens is 2. The van der Waals surface area contributed by atoms with E-state index in [1.165, 1.54) is 6.20 Å². The van der Waals surface area contributed by atoms with Gasteiger partial charge >= 0.3 is 5.97 Å². The number of imidazole rings is 1. The summed E-state index contributed by atoms with van der Waals surface area (Å²) < 4.78 is 14.6. The van der Waals surface area contributed by atoms with Gasteiger partial charge in [-0.05, 0) is 12.8 Å². The van der Waals surface area contributed by atoms with Gasteiger partial charge in [0.1, 0.15) is 0 Å². The molecule has 1 fully saturated rings. The molecule has 0 amide bonds. The molecule has 0 aromatic carbocycles. The van der Waals surface area contributed by atoms with Crippen LogP contribution < -0.4 is 0 Å². The summed E-state index contributed by atoms with van der Waals surface area (Å²) in [4.78, 5) is 14.1. The van der Waals surface area contributed by atoms with Crippen molar-refractivity contribution in [2.75, 3.05) is 0 Å². The van der Waals surface area contributed by atoms with Gasteiger partial charge in [-0.3, -0.25) is 0 Å². The zero-order chi connectivity index (χ0) is 10.1. The van der Waals surface area contributed by atoms with Crippen molar-refractivity contribution < 1.29 is 14.3 Å². The molecule has 1 N–H and O–H groups in total. The Morgan fingerprint density at radius 2 is 2.43 bits per heavy atom. The summed E-state index contributed by atoms with van der Waals surface area (Å²) in [5.74, 6) is -2.71. The van der Waals surface area contributed by atoms with Crippen molar-refractivity contribution in [2.45, 2.75) is 18.9 Å².